The molecule has 0 radical (unpaired) electrons. The highest BCUT2D eigenvalue weighted by atomic mass is 16.8. The highest BCUT2D eigenvalue weighted by molar-refractivity contribution is 5.65. The van der Waals surface area contributed by atoms with Gasteiger partial charge in [0.25, 0.3) is 0 Å². The van der Waals surface area contributed by atoms with E-state index in [0.29, 0.717) is 19.0 Å². The van der Waals surface area contributed by atoms with Crippen LogP contribution in [-0.4, -0.2) is 132 Å². The third-order valence-electron chi connectivity index (χ3n) is 9.75. The molecule has 6 rings (SSSR count). The molecule has 2 aromatic rings. The first-order valence-electron chi connectivity index (χ1n) is 16.4. The summed E-state index contributed by atoms with van der Waals surface area (Å²) in [4.78, 5) is 11.5. The lowest BCUT2D eigenvalue weighted by Gasteiger charge is -2.45. The fraction of sp³-hybridized carbons (Fsp3) is 0.618. The van der Waals surface area contributed by atoms with Gasteiger partial charge >= 0.3 is 5.97 Å². The average Bonchev–Trinajstić information content (AvgIpc) is 3.72. The highest BCUT2D eigenvalue weighted by Crippen LogP contribution is 2.51. The maximum atomic E-state index is 11.5. The third-order valence-corrected chi connectivity index (χ3v) is 9.75. The molecule has 0 unspecified atom stereocenters. The average molecular weight is 709 g/mol. The Balaban J connectivity index is 1.21. The molecule has 0 saturated carbocycles. The summed E-state index contributed by atoms with van der Waals surface area (Å²) in [5, 5.41) is 63.1. The van der Waals surface area contributed by atoms with E-state index in [1.54, 1.807) is 36.4 Å². The number of carbonyl (C=O) groups excluding carboxylic acids is 1. The van der Waals surface area contributed by atoms with E-state index in [1.807, 2.05) is 0 Å². The first-order valence-corrected chi connectivity index (χ1v) is 16.4. The van der Waals surface area contributed by atoms with Crippen molar-refractivity contribution < 1.29 is 78.1 Å². The molecule has 4 aliphatic heterocycles. The minimum Gasteiger partial charge on any atom is -0.504 e. The maximum absolute atomic E-state index is 11.5. The van der Waals surface area contributed by atoms with Gasteiger partial charge in [0.2, 0.25) is 6.29 Å². The van der Waals surface area contributed by atoms with Gasteiger partial charge in [-0.25, -0.2) is 0 Å². The van der Waals surface area contributed by atoms with Crippen LogP contribution in [0.5, 0.6) is 23.0 Å². The van der Waals surface area contributed by atoms with Crippen molar-refractivity contribution in [3.63, 3.8) is 0 Å². The number of carbonyl (C=O) groups is 1. The van der Waals surface area contributed by atoms with Crippen molar-refractivity contribution in [2.45, 2.75) is 87.5 Å². The van der Waals surface area contributed by atoms with E-state index in [-0.39, 0.29) is 41.3 Å². The standard InChI is InChI=1S/C34H44O16/c1-14-25(37)27(39)29(41)33(47-14)50-32-28(40)26(38)24(13-44-15(2)35)49-34(32)48-21-8-6-17(10-23(21)43-4)31-19-12-45-30(18(19)11-46-31)16-5-7-20(36)22(9-16)42-3/h5-10,14,18-19,24-34,36-41H,11-13H2,1-4H3/t14-,18-,19-,24+,25-,26+,27+,28-,29+,30-,31-,32+,33-,34+/m0/s1. The van der Waals surface area contributed by atoms with E-state index >= 15 is 0 Å². The SMILES string of the molecule is COc1cc([C@@H]2OC[C@H]3[C@@H]2CO[C@H]3c2ccc(O[C@@H]3O[C@H](COC(C)=O)[C@@H](O)[C@H](O)[C@H]3O[C@@H]3O[C@@H](C)[C@H](O)[C@@H](O)[C@H]3O)c(OC)c2)ccc1O. The van der Waals surface area contributed by atoms with Crippen molar-refractivity contribution in [3.05, 3.63) is 47.5 Å². The normalized spacial score (nSPS) is 38.3. The van der Waals surface area contributed by atoms with Gasteiger partial charge in [-0.15, -0.1) is 0 Å². The zero-order valence-electron chi connectivity index (χ0n) is 27.9. The Labute approximate surface area is 287 Å². The smallest absolute Gasteiger partial charge is 0.302 e. The van der Waals surface area contributed by atoms with Gasteiger partial charge in [0.05, 0.1) is 45.7 Å². The molecule has 16 heteroatoms. The molecule has 0 aromatic heterocycles. The van der Waals surface area contributed by atoms with Crippen molar-refractivity contribution in [2.75, 3.05) is 34.0 Å². The van der Waals surface area contributed by atoms with Crippen LogP contribution in [0.1, 0.15) is 37.2 Å². The zero-order chi connectivity index (χ0) is 35.9. The van der Waals surface area contributed by atoms with Gasteiger partial charge in [0.1, 0.15) is 43.2 Å². The van der Waals surface area contributed by atoms with Crippen LogP contribution in [0.3, 0.4) is 0 Å². The predicted molar refractivity (Wildman–Crippen MR) is 167 cm³/mol. The van der Waals surface area contributed by atoms with Gasteiger partial charge in [-0.1, -0.05) is 12.1 Å². The number of aromatic hydroxyl groups is 1. The number of methoxy groups -OCH3 is 2. The second-order valence-electron chi connectivity index (χ2n) is 12.9. The molecule has 276 valence electrons. The molecular formula is C34H44O16. The Bertz CT molecular complexity index is 1490. The lowest BCUT2D eigenvalue weighted by Crippen LogP contribution is -2.64. The van der Waals surface area contributed by atoms with E-state index in [0.717, 1.165) is 11.1 Å². The number of benzene rings is 2. The van der Waals surface area contributed by atoms with Gasteiger partial charge in [-0.3, -0.25) is 4.79 Å². The molecule has 16 nitrogen and oxygen atoms in total. The van der Waals surface area contributed by atoms with Crippen LogP contribution >= 0.6 is 0 Å². The fourth-order valence-corrected chi connectivity index (χ4v) is 6.95. The number of aliphatic hydroxyl groups excluding tert-OH is 5. The number of phenols is 1. The number of hydrogen-bond donors (Lipinski definition) is 6. The van der Waals surface area contributed by atoms with E-state index in [2.05, 4.69) is 0 Å². The van der Waals surface area contributed by atoms with E-state index < -0.39 is 74.0 Å². The Morgan fingerprint density at radius 1 is 0.760 bits per heavy atom. The summed E-state index contributed by atoms with van der Waals surface area (Å²) >= 11 is 0. The number of hydrogen-bond acceptors (Lipinski definition) is 16. The summed E-state index contributed by atoms with van der Waals surface area (Å²) in [5.41, 5.74) is 1.66. The van der Waals surface area contributed by atoms with E-state index in [4.69, 9.17) is 42.6 Å². The lowest BCUT2D eigenvalue weighted by atomic mass is 9.85. The molecule has 2 aromatic carbocycles. The van der Waals surface area contributed by atoms with Gasteiger partial charge in [-0.2, -0.15) is 0 Å². The largest absolute Gasteiger partial charge is 0.504 e. The molecule has 4 aliphatic rings. The van der Waals surface area contributed by atoms with Crippen LogP contribution in [0.25, 0.3) is 0 Å². The molecule has 14 atom stereocenters. The third kappa shape index (κ3) is 7.10. The predicted octanol–water partition coefficient (Wildman–Crippen LogP) is 0.0859. The van der Waals surface area contributed by atoms with Crippen molar-refractivity contribution in [3.8, 4) is 23.0 Å². The minimum atomic E-state index is -1.72. The molecule has 4 heterocycles. The molecule has 4 fully saturated rings. The number of ether oxygens (including phenoxy) is 9. The quantitative estimate of drug-likeness (QED) is 0.180. The summed E-state index contributed by atoms with van der Waals surface area (Å²) in [6.07, 6.45) is -15.4. The van der Waals surface area contributed by atoms with Crippen molar-refractivity contribution in [1.29, 1.82) is 0 Å². The second-order valence-corrected chi connectivity index (χ2v) is 12.9. The molecular weight excluding hydrogens is 664 g/mol. The molecule has 4 saturated heterocycles. The van der Waals surface area contributed by atoms with Crippen LogP contribution in [0.15, 0.2) is 36.4 Å². The maximum Gasteiger partial charge on any atom is 0.302 e. The number of phenolic OH excluding ortho intramolecular Hbond substituents is 1. The second kappa shape index (κ2) is 15.1. The van der Waals surface area contributed by atoms with Crippen molar-refractivity contribution in [2.24, 2.45) is 11.8 Å². The topological polar surface area (TPSA) is 222 Å². The van der Waals surface area contributed by atoms with Crippen molar-refractivity contribution >= 4 is 5.97 Å². The van der Waals surface area contributed by atoms with Crippen LogP contribution in [0.4, 0.5) is 0 Å². The number of rotatable bonds is 10. The Morgan fingerprint density at radius 2 is 1.38 bits per heavy atom. The molecule has 6 N–H and O–H groups in total. The first-order chi connectivity index (χ1) is 23.9. The summed E-state index contributed by atoms with van der Waals surface area (Å²) in [6, 6.07) is 10.3. The lowest BCUT2D eigenvalue weighted by molar-refractivity contribution is -0.354. The number of aliphatic hydroxyl groups is 5. The summed E-state index contributed by atoms with van der Waals surface area (Å²) in [7, 11) is 2.93. The van der Waals surface area contributed by atoms with Crippen LogP contribution in [-0.2, 0) is 33.2 Å². The summed E-state index contributed by atoms with van der Waals surface area (Å²) in [6.45, 7) is 3.10. The summed E-state index contributed by atoms with van der Waals surface area (Å²) in [5.74, 6) is 0.226. The van der Waals surface area contributed by atoms with Crippen LogP contribution < -0.4 is 14.2 Å². The first kappa shape index (κ1) is 36.5. The van der Waals surface area contributed by atoms with Gasteiger partial charge in [0, 0.05) is 18.8 Å². The monoisotopic (exact) mass is 708 g/mol. The fourth-order valence-electron chi connectivity index (χ4n) is 6.95. The molecule has 0 spiro atoms. The molecule has 0 bridgehead atoms. The number of esters is 1. The minimum absolute atomic E-state index is 0.00702. The van der Waals surface area contributed by atoms with Gasteiger partial charge in [0.15, 0.2) is 35.4 Å². The number of fused-ring (bicyclic) bond motifs is 1. The van der Waals surface area contributed by atoms with E-state index in [1.165, 1.54) is 28.1 Å². The van der Waals surface area contributed by atoms with Gasteiger partial charge < -0.3 is 73.3 Å². The molecule has 0 aliphatic carbocycles. The summed E-state index contributed by atoms with van der Waals surface area (Å²) < 4.78 is 52.0. The van der Waals surface area contributed by atoms with Crippen LogP contribution in [0, 0.1) is 11.8 Å². The Morgan fingerprint density at radius 3 is 2.00 bits per heavy atom. The Kier molecular flexibility index (Phi) is 11.0. The Hall–Kier alpha value is -3.29. The van der Waals surface area contributed by atoms with E-state index in [9.17, 15) is 35.4 Å². The van der Waals surface area contributed by atoms with Crippen molar-refractivity contribution in [1.82, 2.24) is 0 Å². The highest BCUT2D eigenvalue weighted by Gasteiger charge is 2.52. The molecule has 50 heavy (non-hydrogen) atoms. The van der Waals surface area contributed by atoms with Gasteiger partial charge in [-0.05, 0) is 42.3 Å². The molecule has 0 amide bonds. The van der Waals surface area contributed by atoms with Crippen LogP contribution in [0.2, 0.25) is 0 Å². The zero-order valence-corrected chi connectivity index (χ0v) is 27.9.